The van der Waals surface area contributed by atoms with Gasteiger partial charge in [-0.1, -0.05) is 15.9 Å². The van der Waals surface area contributed by atoms with Crippen LogP contribution in [0.1, 0.15) is 13.8 Å². The van der Waals surface area contributed by atoms with Crippen LogP contribution in [0.25, 0.3) is 11.3 Å². The molecule has 5 heteroatoms. The van der Waals surface area contributed by atoms with Crippen LogP contribution >= 0.6 is 27.3 Å². The fraction of sp³-hybridized carbons (Fsp3) is 0.250. The Balaban J connectivity index is 2.33. The average Bonchev–Trinajstić information content (AvgIpc) is 2.69. The topological polar surface area (TPSA) is 24.9 Å². The minimum absolute atomic E-state index is 0.255. The van der Waals surface area contributed by atoms with Crippen LogP contribution in [-0.4, -0.2) is 11.0 Å². The Morgan fingerprint density at radius 1 is 1.41 bits per heavy atom. The lowest BCUT2D eigenvalue weighted by atomic mass is 10.2. The van der Waals surface area contributed by atoms with E-state index >= 15 is 0 Å². The van der Waals surface area contributed by atoms with Gasteiger partial charge in [-0.05, 0) is 32.0 Å². The summed E-state index contributed by atoms with van der Waals surface area (Å²) < 4.78 is 14.5. The van der Waals surface area contributed by atoms with Crippen LogP contribution in [0.4, 0.5) is 9.52 Å². The highest BCUT2D eigenvalue weighted by atomic mass is 79.9. The molecule has 0 aliphatic carbocycles. The summed E-state index contributed by atoms with van der Waals surface area (Å²) in [6.45, 7) is 4.08. The van der Waals surface area contributed by atoms with Crippen molar-refractivity contribution in [3.63, 3.8) is 0 Å². The van der Waals surface area contributed by atoms with Crippen molar-refractivity contribution in [3.8, 4) is 11.3 Å². The minimum Gasteiger partial charge on any atom is -0.359 e. The maximum Gasteiger partial charge on any atom is 0.183 e. The summed E-state index contributed by atoms with van der Waals surface area (Å²) in [5.74, 6) is -0.255. The molecule has 0 bridgehead atoms. The van der Waals surface area contributed by atoms with Crippen molar-refractivity contribution in [2.45, 2.75) is 19.9 Å². The van der Waals surface area contributed by atoms with E-state index in [-0.39, 0.29) is 5.82 Å². The van der Waals surface area contributed by atoms with Crippen LogP contribution in [-0.2, 0) is 0 Å². The molecule has 0 unspecified atom stereocenters. The summed E-state index contributed by atoms with van der Waals surface area (Å²) in [6.07, 6.45) is 0. The number of benzene rings is 1. The fourth-order valence-corrected chi connectivity index (χ4v) is 2.62. The van der Waals surface area contributed by atoms with E-state index in [0.29, 0.717) is 17.3 Å². The maximum atomic E-state index is 13.7. The van der Waals surface area contributed by atoms with Gasteiger partial charge in [0.1, 0.15) is 5.82 Å². The molecule has 1 aromatic carbocycles. The second-order valence-corrected chi connectivity index (χ2v) is 5.73. The summed E-state index contributed by atoms with van der Waals surface area (Å²) in [5, 5.41) is 5.87. The number of rotatable bonds is 3. The van der Waals surface area contributed by atoms with Crippen molar-refractivity contribution >= 4 is 32.4 Å². The highest BCUT2D eigenvalue weighted by molar-refractivity contribution is 9.10. The first-order chi connectivity index (χ1) is 8.06. The number of nitrogens with zero attached hydrogens (tertiary/aromatic N) is 1. The van der Waals surface area contributed by atoms with Crippen molar-refractivity contribution in [2.24, 2.45) is 0 Å². The third-order valence-corrected chi connectivity index (χ3v) is 3.39. The van der Waals surface area contributed by atoms with Crippen molar-refractivity contribution in [1.29, 1.82) is 0 Å². The molecule has 1 N–H and O–H groups in total. The molecule has 1 aromatic heterocycles. The number of aromatic nitrogens is 1. The lowest BCUT2D eigenvalue weighted by Crippen LogP contribution is -2.09. The fourth-order valence-electron chi connectivity index (χ4n) is 1.40. The highest BCUT2D eigenvalue weighted by Gasteiger charge is 2.10. The van der Waals surface area contributed by atoms with Gasteiger partial charge in [0.05, 0.1) is 5.69 Å². The van der Waals surface area contributed by atoms with Gasteiger partial charge in [-0.2, -0.15) is 0 Å². The summed E-state index contributed by atoms with van der Waals surface area (Å²) in [7, 11) is 0. The Morgan fingerprint density at radius 2 is 2.18 bits per heavy atom. The molecule has 2 aromatic rings. The Hall–Kier alpha value is -0.940. The zero-order valence-corrected chi connectivity index (χ0v) is 11.9. The van der Waals surface area contributed by atoms with Crippen LogP contribution < -0.4 is 5.32 Å². The summed E-state index contributed by atoms with van der Waals surface area (Å²) in [6, 6.07) is 5.18. The molecule has 0 aliphatic heterocycles. The number of hydrogen-bond donors (Lipinski definition) is 1. The van der Waals surface area contributed by atoms with E-state index in [0.717, 1.165) is 9.60 Å². The molecule has 0 amide bonds. The summed E-state index contributed by atoms with van der Waals surface area (Å²) in [5.41, 5.74) is 1.18. The van der Waals surface area contributed by atoms with E-state index in [1.807, 2.05) is 19.2 Å². The third kappa shape index (κ3) is 3.04. The van der Waals surface area contributed by atoms with Crippen LogP contribution in [0.2, 0.25) is 0 Å². The second kappa shape index (κ2) is 5.14. The van der Waals surface area contributed by atoms with Crippen molar-refractivity contribution in [3.05, 3.63) is 33.9 Å². The highest BCUT2D eigenvalue weighted by Crippen LogP contribution is 2.29. The molecule has 0 saturated carbocycles. The Kier molecular flexibility index (Phi) is 3.79. The number of halogens is 2. The summed E-state index contributed by atoms with van der Waals surface area (Å²) in [4.78, 5) is 4.37. The maximum absolute atomic E-state index is 13.7. The van der Waals surface area contributed by atoms with Gasteiger partial charge in [0.25, 0.3) is 0 Å². The van der Waals surface area contributed by atoms with E-state index < -0.39 is 0 Å². The van der Waals surface area contributed by atoms with E-state index in [1.54, 1.807) is 12.1 Å². The second-order valence-electron chi connectivity index (χ2n) is 3.96. The van der Waals surface area contributed by atoms with Gasteiger partial charge in [0.2, 0.25) is 0 Å². The predicted octanol–water partition coefficient (Wildman–Crippen LogP) is 4.53. The average molecular weight is 315 g/mol. The van der Waals surface area contributed by atoms with E-state index in [4.69, 9.17) is 0 Å². The lowest BCUT2D eigenvalue weighted by Gasteiger charge is -2.04. The molecule has 0 aliphatic rings. The summed E-state index contributed by atoms with van der Waals surface area (Å²) >= 11 is 4.82. The van der Waals surface area contributed by atoms with Crippen LogP contribution in [0.5, 0.6) is 0 Å². The number of anilines is 1. The molecule has 2 nitrogen and oxygen atoms in total. The first-order valence-electron chi connectivity index (χ1n) is 5.24. The number of hydrogen-bond acceptors (Lipinski definition) is 3. The van der Waals surface area contributed by atoms with Crippen molar-refractivity contribution in [1.82, 2.24) is 4.98 Å². The lowest BCUT2D eigenvalue weighted by molar-refractivity contribution is 0.630. The standard InChI is InChI=1S/C12H12BrFN2S/c1-7(2)15-12-16-11(6-17-12)9-5-8(13)3-4-10(9)14/h3-7H,1-2H3,(H,15,16). The normalized spacial score (nSPS) is 10.9. The van der Waals surface area contributed by atoms with Crippen LogP contribution in [0, 0.1) is 5.82 Å². The molecule has 0 saturated heterocycles. The van der Waals surface area contributed by atoms with Crippen molar-refractivity contribution in [2.75, 3.05) is 5.32 Å². The van der Waals surface area contributed by atoms with Gasteiger partial charge in [-0.3, -0.25) is 0 Å². The smallest absolute Gasteiger partial charge is 0.183 e. The van der Waals surface area contributed by atoms with Gasteiger partial charge in [0, 0.05) is 21.5 Å². The number of nitrogens with one attached hydrogen (secondary N) is 1. The SMILES string of the molecule is CC(C)Nc1nc(-c2cc(Br)ccc2F)cs1. The van der Waals surface area contributed by atoms with Crippen LogP contribution in [0.3, 0.4) is 0 Å². The molecule has 17 heavy (non-hydrogen) atoms. The van der Waals surface area contributed by atoms with Crippen LogP contribution in [0.15, 0.2) is 28.1 Å². The minimum atomic E-state index is -0.255. The van der Waals surface area contributed by atoms with E-state index in [2.05, 4.69) is 26.2 Å². The van der Waals surface area contributed by atoms with Gasteiger partial charge in [-0.15, -0.1) is 11.3 Å². The molecular weight excluding hydrogens is 303 g/mol. The molecule has 2 rings (SSSR count). The predicted molar refractivity (Wildman–Crippen MR) is 74.0 cm³/mol. The van der Waals surface area contributed by atoms with Crippen molar-refractivity contribution < 1.29 is 4.39 Å². The molecule has 0 spiro atoms. The Labute approximate surface area is 112 Å². The molecule has 0 radical (unpaired) electrons. The van der Waals surface area contributed by atoms with Gasteiger partial charge in [-0.25, -0.2) is 9.37 Å². The van der Waals surface area contributed by atoms with Gasteiger partial charge < -0.3 is 5.32 Å². The monoisotopic (exact) mass is 314 g/mol. The quantitative estimate of drug-likeness (QED) is 0.900. The first-order valence-corrected chi connectivity index (χ1v) is 6.91. The largest absolute Gasteiger partial charge is 0.359 e. The Morgan fingerprint density at radius 3 is 2.88 bits per heavy atom. The number of thiazole rings is 1. The van der Waals surface area contributed by atoms with Gasteiger partial charge in [0.15, 0.2) is 5.13 Å². The molecule has 1 heterocycles. The molecular formula is C12H12BrFN2S. The molecule has 90 valence electrons. The first kappa shape index (κ1) is 12.5. The van der Waals surface area contributed by atoms with E-state index in [1.165, 1.54) is 17.4 Å². The zero-order valence-electron chi connectivity index (χ0n) is 9.50. The van der Waals surface area contributed by atoms with E-state index in [9.17, 15) is 4.39 Å². The zero-order chi connectivity index (χ0) is 12.4. The third-order valence-electron chi connectivity index (χ3n) is 2.12. The molecule has 0 fully saturated rings. The molecule has 0 atom stereocenters. The Bertz CT molecular complexity index is 525. The van der Waals surface area contributed by atoms with Gasteiger partial charge >= 0.3 is 0 Å².